The van der Waals surface area contributed by atoms with Gasteiger partial charge in [-0.1, -0.05) is 12.1 Å². The van der Waals surface area contributed by atoms with Crippen molar-refractivity contribution in [1.29, 1.82) is 0 Å². The summed E-state index contributed by atoms with van der Waals surface area (Å²) < 4.78 is 3.82. The Kier molecular flexibility index (Phi) is 4.57. The molecule has 0 aliphatic rings. The highest BCUT2D eigenvalue weighted by atomic mass is 35.5. The van der Waals surface area contributed by atoms with Crippen LogP contribution in [0, 0.1) is 0 Å². The van der Waals surface area contributed by atoms with Crippen molar-refractivity contribution in [2.24, 2.45) is 5.16 Å². The lowest BCUT2D eigenvalue weighted by Gasteiger charge is -1.73. The van der Waals surface area contributed by atoms with Crippen LogP contribution in [0.4, 0.5) is 0 Å². The Morgan fingerprint density at radius 1 is 2.00 bits per heavy atom. The summed E-state index contributed by atoms with van der Waals surface area (Å²) in [7, 11) is 0. The van der Waals surface area contributed by atoms with E-state index < -0.39 is 0 Å². The average Bonchev–Trinajstić information content (AvgIpc) is 1.61. The minimum Gasteiger partial charge on any atom is -0.278 e. The second-order valence-corrected chi connectivity index (χ2v) is 0.903. The number of nitrogens with zero attached hydrogens (tertiary/aromatic N) is 1. The third-order valence-corrected chi connectivity index (χ3v) is 0.377. The average molecular weight is 108 g/mol. The molecular weight excluding hydrogens is 101 g/mol. The van der Waals surface area contributed by atoms with Crippen LogP contribution in [0.5, 0.6) is 0 Å². The summed E-state index contributed by atoms with van der Waals surface area (Å²) in [5, 5.41) is 3.23. The normalized spacial score (nSPS) is 9.67. The monoisotopic (exact) mass is 107 g/mol. The maximum absolute atomic E-state index is 4.68. The third-order valence-electron chi connectivity index (χ3n) is 0.297. The molecule has 0 amide bonds. The van der Waals surface area contributed by atoms with Gasteiger partial charge in [0.1, 0.15) is 0 Å². The predicted molar refractivity (Wildman–Crippen MR) is 25.7 cm³/mol. The molecule has 2 nitrogen and oxygen atoms in total. The van der Waals surface area contributed by atoms with Crippen molar-refractivity contribution in [3.05, 3.63) is 0 Å². The minimum absolute atomic E-state index is 0.854. The first kappa shape index (κ1) is 5.76. The van der Waals surface area contributed by atoms with Crippen molar-refractivity contribution in [3.63, 3.8) is 0 Å². The maximum Gasteiger partial charge on any atom is 0.167 e. The lowest BCUT2D eigenvalue weighted by molar-refractivity contribution is 0.382. The third kappa shape index (κ3) is 3.76. The van der Waals surface area contributed by atoms with E-state index >= 15 is 0 Å². The quantitative estimate of drug-likeness (QED) is 0.388. The zero-order valence-corrected chi connectivity index (χ0v) is 4.27. The van der Waals surface area contributed by atoms with Gasteiger partial charge in [0.15, 0.2) is 11.9 Å². The summed E-state index contributed by atoms with van der Waals surface area (Å²) in [5.41, 5.74) is 0. The summed E-state index contributed by atoms with van der Waals surface area (Å²) >= 11 is 4.68. The van der Waals surface area contributed by atoms with Gasteiger partial charge in [0.25, 0.3) is 0 Å². The number of rotatable bonds is 2. The highest BCUT2D eigenvalue weighted by Crippen LogP contribution is 1.77. The van der Waals surface area contributed by atoms with Crippen molar-refractivity contribution < 1.29 is 4.39 Å². The Morgan fingerprint density at radius 2 is 2.67 bits per heavy atom. The molecular formula is C3H6ClNO. The highest BCUT2D eigenvalue weighted by molar-refractivity contribution is 6.07. The van der Waals surface area contributed by atoms with Crippen LogP contribution < -0.4 is 0 Å². The fourth-order valence-corrected chi connectivity index (χ4v) is 0.159. The SMILES string of the molecule is CC/C=N/OCl. The van der Waals surface area contributed by atoms with Crippen molar-refractivity contribution in [2.75, 3.05) is 0 Å². The summed E-state index contributed by atoms with van der Waals surface area (Å²) in [4.78, 5) is 0. The number of halogens is 1. The van der Waals surface area contributed by atoms with Crippen LogP contribution in [-0.4, -0.2) is 6.21 Å². The van der Waals surface area contributed by atoms with Gasteiger partial charge in [-0.05, 0) is 6.42 Å². The molecule has 0 spiro atoms. The van der Waals surface area contributed by atoms with Gasteiger partial charge in [0, 0.05) is 6.21 Å². The fraction of sp³-hybridized carbons (Fsp3) is 0.667. The van der Waals surface area contributed by atoms with Crippen molar-refractivity contribution in [1.82, 2.24) is 0 Å². The fourth-order valence-electron chi connectivity index (χ4n) is 0.103. The van der Waals surface area contributed by atoms with Crippen LogP contribution in [0.3, 0.4) is 0 Å². The van der Waals surface area contributed by atoms with Gasteiger partial charge >= 0.3 is 0 Å². The van der Waals surface area contributed by atoms with Crippen LogP contribution in [0.2, 0.25) is 0 Å². The van der Waals surface area contributed by atoms with Gasteiger partial charge < -0.3 is 0 Å². The molecule has 0 rings (SSSR count). The Balaban J connectivity index is 2.73. The van der Waals surface area contributed by atoms with Crippen LogP contribution >= 0.6 is 11.9 Å². The molecule has 3 heteroatoms. The molecule has 0 aliphatic carbocycles. The molecule has 0 bridgehead atoms. The molecule has 0 unspecified atom stereocenters. The number of hydrogen-bond acceptors (Lipinski definition) is 2. The molecule has 0 atom stereocenters. The van der Waals surface area contributed by atoms with E-state index in [4.69, 9.17) is 0 Å². The first-order chi connectivity index (χ1) is 2.91. The van der Waals surface area contributed by atoms with Gasteiger partial charge in [-0.2, -0.15) is 0 Å². The van der Waals surface area contributed by atoms with E-state index in [1.807, 2.05) is 6.92 Å². The number of oxime groups is 1. The standard InChI is InChI=1S/C3H6ClNO/c1-2-3-5-6-4/h3H,2H2,1H3/b5-3+. The molecule has 0 radical (unpaired) electrons. The predicted octanol–water partition coefficient (Wildman–Crippen LogP) is 1.55. The van der Waals surface area contributed by atoms with Crippen molar-refractivity contribution in [3.8, 4) is 0 Å². The zero-order valence-electron chi connectivity index (χ0n) is 3.52. The van der Waals surface area contributed by atoms with Gasteiger partial charge in [-0.3, -0.25) is 4.39 Å². The minimum atomic E-state index is 0.854. The molecule has 36 valence electrons. The Morgan fingerprint density at radius 3 is 2.83 bits per heavy atom. The molecule has 0 fully saturated rings. The summed E-state index contributed by atoms with van der Waals surface area (Å²) in [6.45, 7) is 1.94. The van der Waals surface area contributed by atoms with E-state index in [0.29, 0.717) is 0 Å². The second kappa shape index (κ2) is 4.76. The van der Waals surface area contributed by atoms with Crippen LogP contribution in [0.25, 0.3) is 0 Å². The summed E-state index contributed by atoms with van der Waals surface area (Å²) in [5.74, 6) is 0. The van der Waals surface area contributed by atoms with Gasteiger partial charge in [-0.25, -0.2) is 0 Å². The van der Waals surface area contributed by atoms with E-state index in [2.05, 4.69) is 21.4 Å². The van der Waals surface area contributed by atoms with Gasteiger partial charge in [0.05, 0.1) is 0 Å². The molecule has 0 saturated heterocycles. The molecule has 0 aromatic carbocycles. The smallest absolute Gasteiger partial charge is 0.167 e. The van der Waals surface area contributed by atoms with Crippen LogP contribution in [0.15, 0.2) is 5.16 Å². The second-order valence-electron chi connectivity index (χ2n) is 0.765. The molecule has 0 aromatic rings. The first-order valence-corrected chi connectivity index (χ1v) is 2.02. The topological polar surface area (TPSA) is 21.6 Å². The largest absolute Gasteiger partial charge is 0.278 e. The molecule has 0 saturated carbocycles. The van der Waals surface area contributed by atoms with Crippen LogP contribution in [-0.2, 0) is 4.39 Å². The van der Waals surface area contributed by atoms with E-state index in [0.717, 1.165) is 6.42 Å². The Labute approximate surface area is 41.9 Å². The van der Waals surface area contributed by atoms with Gasteiger partial charge in [-0.15, -0.1) is 0 Å². The maximum atomic E-state index is 4.68. The van der Waals surface area contributed by atoms with E-state index in [1.54, 1.807) is 6.21 Å². The lowest BCUT2D eigenvalue weighted by Crippen LogP contribution is -1.63. The van der Waals surface area contributed by atoms with Crippen molar-refractivity contribution >= 4 is 18.1 Å². The number of hydrogen-bond donors (Lipinski definition) is 0. The van der Waals surface area contributed by atoms with Crippen molar-refractivity contribution in [2.45, 2.75) is 13.3 Å². The highest BCUT2D eigenvalue weighted by Gasteiger charge is 1.61. The van der Waals surface area contributed by atoms with E-state index in [1.165, 1.54) is 0 Å². The molecule has 0 N–H and O–H groups in total. The molecule has 0 aromatic heterocycles. The van der Waals surface area contributed by atoms with Crippen LogP contribution in [0.1, 0.15) is 13.3 Å². The zero-order chi connectivity index (χ0) is 4.83. The van der Waals surface area contributed by atoms with E-state index in [-0.39, 0.29) is 0 Å². The molecule has 0 aliphatic heterocycles. The Bertz CT molecular complexity index is 40.1. The van der Waals surface area contributed by atoms with Gasteiger partial charge in [0.2, 0.25) is 0 Å². The van der Waals surface area contributed by atoms with E-state index in [9.17, 15) is 0 Å². The first-order valence-electron chi connectivity index (χ1n) is 1.71. The lowest BCUT2D eigenvalue weighted by atomic mass is 10.6. The molecule has 6 heavy (non-hydrogen) atoms. The summed E-state index contributed by atoms with van der Waals surface area (Å²) in [6.07, 6.45) is 2.43. The Hall–Kier alpha value is -0.240. The summed E-state index contributed by atoms with van der Waals surface area (Å²) in [6, 6.07) is 0. The molecule has 0 heterocycles.